The van der Waals surface area contributed by atoms with Crippen molar-refractivity contribution in [2.75, 3.05) is 19.0 Å². The Hall–Kier alpha value is -4.67. The van der Waals surface area contributed by atoms with Crippen molar-refractivity contribution < 1.29 is 24.3 Å². The highest BCUT2D eigenvalue weighted by atomic mass is 16.6. The van der Waals surface area contributed by atoms with Crippen LogP contribution in [-0.4, -0.2) is 39.6 Å². The lowest BCUT2D eigenvalue weighted by Gasteiger charge is -2.12. The van der Waals surface area contributed by atoms with Gasteiger partial charge in [0, 0.05) is 5.69 Å². The van der Waals surface area contributed by atoms with Gasteiger partial charge in [0.2, 0.25) is 0 Å². The molecule has 3 N–H and O–H groups in total. The van der Waals surface area contributed by atoms with Gasteiger partial charge < -0.3 is 24.9 Å². The molecule has 33 heavy (non-hydrogen) atoms. The zero-order valence-corrected chi connectivity index (χ0v) is 17.7. The summed E-state index contributed by atoms with van der Waals surface area (Å²) in [6, 6.07) is 12.3. The molecule has 1 amide bonds. The van der Waals surface area contributed by atoms with Crippen molar-refractivity contribution in [3.63, 3.8) is 0 Å². The number of anilines is 1. The molecule has 0 saturated heterocycles. The smallest absolute Gasteiger partial charge is 0.395 e. The molecule has 0 aliphatic rings. The molecule has 0 aliphatic carbocycles. The number of aromatic nitrogens is 2. The molecule has 0 atom stereocenters. The molecule has 0 bridgehead atoms. The molecular formula is C22H20N4O7. The lowest BCUT2D eigenvalue weighted by atomic mass is 10.2. The highest BCUT2D eigenvalue weighted by Crippen LogP contribution is 2.29. The molecule has 3 aromatic rings. The summed E-state index contributed by atoms with van der Waals surface area (Å²) in [4.78, 5) is 39.5. The topological polar surface area (TPSA) is 157 Å². The van der Waals surface area contributed by atoms with E-state index in [0.717, 1.165) is 5.56 Å². The Balaban J connectivity index is 1.69. The van der Waals surface area contributed by atoms with E-state index in [1.807, 2.05) is 25.1 Å². The third kappa shape index (κ3) is 5.73. The van der Waals surface area contributed by atoms with Crippen LogP contribution < -0.4 is 20.3 Å². The van der Waals surface area contributed by atoms with E-state index in [2.05, 4.69) is 15.3 Å². The molecule has 1 heterocycles. The summed E-state index contributed by atoms with van der Waals surface area (Å²) >= 11 is 0. The zero-order chi connectivity index (χ0) is 24.0. The fraction of sp³-hybridized carbons (Fsp3) is 0.136. The summed E-state index contributed by atoms with van der Waals surface area (Å²) in [5, 5.41) is 23.1. The second-order valence-electron chi connectivity index (χ2n) is 6.78. The van der Waals surface area contributed by atoms with Gasteiger partial charge in [0.25, 0.3) is 11.8 Å². The lowest BCUT2D eigenvalue weighted by Crippen LogP contribution is -2.20. The van der Waals surface area contributed by atoms with Crippen molar-refractivity contribution in [3.8, 4) is 17.4 Å². The van der Waals surface area contributed by atoms with E-state index in [9.17, 15) is 24.8 Å². The first kappa shape index (κ1) is 23.0. The second kappa shape index (κ2) is 10.1. The Morgan fingerprint density at radius 1 is 1.24 bits per heavy atom. The number of benzene rings is 2. The molecule has 0 aliphatic heterocycles. The number of rotatable bonds is 8. The van der Waals surface area contributed by atoms with Crippen molar-refractivity contribution in [1.29, 1.82) is 0 Å². The van der Waals surface area contributed by atoms with Gasteiger partial charge >= 0.3 is 11.2 Å². The summed E-state index contributed by atoms with van der Waals surface area (Å²) in [6.07, 6.45) is 2.90. The maximum atomic E-state index is 12.2. The first-order valence-corrected chi connectivity index (χ1v) is 9.60. The number of aromatic amines is 1. The van der Waals surface area contributed by atoms with Crippen molar-refractivity contribution >= 4 is 29.4 Å². The van der Waals surface area contributed by atoms with Gasteiger partial charge in [0.15, 0.2) is 18.1 Å². The molecule has 0 spiro atoms. The number of H-pyrrole nitrogens is 1. The van der Waals surface area contributed by atoms with E-state index >= 15 is 0 Å². The highest BCUT2D eigenvalue weighted by molar-refractivity contribution is 5.92. The van der Waals surface area contributed by atoms with Crippen molar-refractivity contribution in [2.24, 2.45) is 0 Å². The van der Waals surface area contributed by atoms with Crippen molar-refractivity contribution in [2.45, 2.75) is 6.92 Å². The van der Waals surface area contributed by atoms with Crippen LogP contribution in [0.5, 0.6) is 17.4 Å². The van der Waals surface area contributed by atoms with Crippen LogP contribution in [0.25, 0.3) is 12.2 Å². The monoisotopic (exact) mass is 452 g/mol. The number of aromatic hydroxyl groups is 1. The molecule has 0 unspecified atom stereocenters. The van der Waals surface area contributed by atoms with Gasteiger partial charge in [-0.3, -0.25) is 19.7 Å². The van der Waals surface area contributed by atoms with E-state index in [1.54, 1.807) is 30.3 Å². The number of hydrogen-bond acceptors (Lipinski definition) is 8. The second-order valence-corrected chi connectivity index (χ2v) is 6.78. The Labute approximate surface area is 187 Å². The van der Waals surface area contributed by atoms with Gasteiger partial charge in [-0.1, -0.05) is 30.3 Å². The molecular weight excluding hydrogens is 432 g/mol. The van der Waals surface area contributed by atoms with E-state index in [1.165, 1.54) is 13.2 Å². The molecule has 0 fully saturated rings. The number of carbonyl (C=O) groups is 1. The minimum absolute atomic E-state index is 0.0738. The normalized spacial score (nSPS) is 10.7. The third-order valence-electron chi connectivity index (χ3n) is 4.48. The van der Waals surface area contributed by atoms with E-state index in [-0.39, 0.29) is 18.3 Å². The summed E-state index contributed by atoms with van der Waals surface area (Å²) in [5.74, 6) is -0.685. The minimum atomic E-state index is -1.07. The quantitative estimate of drug-likeness (QED) is 0.348. The molecule has 2 aromatic carbocycles. The lowest BCUT2D eigenvalue weighted by molar-refractivity contribution is -0.387. The van der Waals surface area contributed by atoms with E-state index < -0.39 is 22.0 Å². The largest absolute Gasteiger partial charge is 0.493 e. The molecule has 0 saturated carbocycles. The number of aryl methyl sites for hydroxylation is 1. The molecule has 3 rings (SSSR count). The molecule has 170 valence electrons. The average Bonchev–Trinajstić information content (AvgIpc) is 2.77. The number of methoxy groups -OCH3 is 1. The van der Waals surface area contributed by atoms with E-state index in [0.29, 0.717) is 22.7 Å². The van der Waals surface area contributed by atoms with Gasteiger partial charge in [-0.15, -0.1) is 0 Å². The van der Waals surface area contributed by atoms with E-state index in [4.69, 9.17) is 9.47 Å². The number of para-hydroxylation sites is 1. The van der Waals surface area contributed by atoms with Crippen LogP contribution in [0.15, 0.2) is 47.3 Å². The van der Waals surface area contributed by atoms with Crippen LogP contribution in [0.4, 0.5) is 11.4 Å². The third-order valence-corrected chi connectivity index (χ3v) is 4.48. The first-order valence-electron chi connectivity index (χ1n) is 9.60. The molecule has 1 aromatic heterocycles. The fourth-order valence-electron chi connectivity index (χ4n) is 2.84. The first-order chi connectivity index (χ1) is 15.8. The number of ether oxygens (including phenoxy) is 2. The summed E-state index contributed by atoms with van der Waals surface area (Å²) < 4.78 is 10.9. The van der Waals surface area contributed by atoms with Crippen LogP contribution in [0.3, 0.4) is 0 Å². The fourth-order valence-corrected chi connectivity index (χ4v) is 2.84. The summed E-state index contributed by atoms with van der Waals surface area (Å²) in [7, 11) is 1.44. The maximum Gasteiger partial charge on any atom is 0.395 e. The minimum Gasteiger partial charge on any atom is -0.493 e. The summed E-state index contributed by atoms with van der Waals surface area (Å²) in [6.45, 7) is 1.65. The Bertz CT molecular complexity index is 1280. The number of amides is 1. The Morgan fingerprint density at radius 3 is 2.67 bits per heavy atom. The molecule has 0 radical (unpaired) electrons. The zero-order valence-electron chi connectivity index (χ0n) is 17.7. The van der Waals surface area contributed by atoms with Crippen LogP contribution in [0.2, 0.25) is 0 Å². The Kier molecular flexibility index (Phi) is 7.03. The van der Waals surface area contributed by atoms with Crippen LogP contribution in [0, 0.1) is 17.0 Å². The molecule has 11 nitrogen and oxygen atoms in total. The number of nitro groups is 1. The number of nitrogens with zero attached hydrogens (tertiary/aromatic N) is 2. The van der Waals surface area contributed by atoms with Crippen LogP contribution in [-0.2, 0) is 4.79 Å². The van der Waals surface area contributed by atoms with Gasteiger partial charge in [-0.25, -0.2) is 0 Å². The number of nitrogens with one attached hydrogen (secondary N) is 2. The number of hydrogen-bond donors (Lipinski definition) is 3. The predicted octanol–water partition coefficient (Wildman–Crippen LogP) is 2.89. The van der Waals surface area contributed by atoms with Crippen molar-refractivity contribution in [3.05, 3.63) is 79.9 Å². The average molecular weight is 452 g/mol. The standard InChI is InChI=1S/C22H20N4O7/c1-13-5-3-4-6-15(13)23-19(27)12-33-16-9-7-14(11-17(16)32-2)8-10-18-24-21(28)20(26(30)31)22(29)25-18/h3-11H,12H2,1-2H3,(H,23,27)(H2,24,25,28,29)/b10-8+. The molecule has 11 heteroatoms. The van der Waals surface area contributed by atoms with Gasteiger partial charge in [-0.05, 0) is 42.3 Å². The van der Waals surface area contributed by atoms with Crippen LogP contribution >= 0.6 is 0 Å². The number of carbonyl (C=O) groups excluding carboxylic acids is 1. The summed E-state index contributed by atoms with van der Waals surface area (Å²) in [5.41, 5.74) is 0.141. The Morgan fingerprint density at radius 2 is 2.00 bits per heavy atom. The van der Waals surface area contributed by atoms with Gasteiger partial charge in [0.05, 0.1) is 12.0 Å². The highest BCUT2D eigenvalue weighted by Gasteiger charge is 2.21. The van der Waals surface area contributed by atoms with Gasteiger partial charge in [0.1, 0.15) is 5.82 Å². The maximum absolute atomic E-state index is 12.2. The van der Waals surface area contributed by atoms with Crippen molar-refractivity contribution in [1.82, 2.24) is 9.97 Å². The van der Waals surface area contributed by atoms with Gasteiger partial charge in [-0.2, -0.15) is 4.98 Å². The van der Waals surface area contributed by atoms with Crippen LogP contribution in [0.1, 0.15) is 17.0 Å². The SMILES string of the molecule is COc1cc(/C=C/c2nc(O)c([N+](=O)[O-])c(=O)[nH]2)ccc1OCC(=O)Nc1ccccc1C. The predicted molar refractivity (Wildman–Crippen MR) is 120 cm³/mol.